The lowest BCUT2D eigenvalue weighted by Crippen LogP contribution is -2.53. The van der Waals surface area contributed by atoms with E-state index in [1.165, 1.54) is 17.4 Å². The van der Waals surface area contributed by atoms with Crippen LogP contribution >= 0.6 is 0 Å². The molecule has 8 heteroatoms. The molecule has 8 nitrogen and oxygen atoms in total. The van der Waals surface area contributed by atoms with Gasteiger partial charge < -0.3 is 29.0 Å². The molecule has 2 fully saturated rings. The number of guanidine groups is 1. The summed E-state index contributed by atoms with van der Waals surface area (Å²) in [5, 5.41) is 3.44. The van der Waals surface area contributed by atoms with Gasteiger partial charge in [0, 0.05) is 53.0 Å². The lowest BCUT2D eigenvalue weighted by molar-refractivity contribution is -0.0390. The van der Waals surface area contributed by atoms with Gasteiger partial charge in [-0.2, -0.15) is 0 Å². The maximum absolute atomic E-state index is 12.4. The Labute approximate surface area is 189 Å². The Hall–Kier alpha value is -2.84. The fourth-order valence-electron chi connectivity index (χ4n) is 4.00. The predicted molar refractivity (Wildman–Crippen MR) is 121 cm³/mol. The highest BCUT2D eigenvalue weighted by atomic mass is 16.5. The van der Waals surface area contributed by atoms with Crippen LogP contribution in [0.5, 0.6) is 0 Å². The van der Waals surface area contributed by atoms with Gasteiger partial charge in [-0.15, -0.1) is 0 Å². The lowest BCUT2D eigenvalue weighted by Gasteiger charge is -2.36. The van der Waals surface area contributed by atoms with E-state index < -0.39 is 0 Å². The molecule has 0 aliphatic carbocycles. The maximum Gasteiger partial charge on any atom is 0.289 e. The second-order valence-electron chi connectivity index (χ2n) is 8.10. The molecule has 0 unspecified atom stereocenters. The number of carbonyl (C=O) groups is 1. The number of carbonyl (C=O) groups excluding carboxylic acids is 1. The van der Waals surface area contributed by atoms with E-state index in [-0.39, 0.29) is 5.91 Å². The van der Waals surface area contributed by atoms with E-state index in [4.69, 9.17) is 13.9 Å². The second kappa shape index (κ2) is 11.2. The standard InChI is InChI=1S/C24H32N4O4/c1-25-24(28-12-10-27(11-13-28)23(29)22-3-2-14-31-22)26-17-19-4-6-20(7-5-19)18-32-21-8-15-30-16-9-21/h2-7,14,21H,8-13,15-18H2,1H3,(H,25,26). The molecule has 1 amide bonds. The summed E-state index contributed by atoms with van der Waals surface area (Å²) >= 11 is 0. The molecule has 0 saturated carbocycles. The van der Waals surface area contributed by atoms with E-state index in [0.29, 0.717) is 38.1 Å². The zero-order valence-electron chi connectivity index (χ0n) is 18.7. The number of ether oxygens (including phenoxy) is 2. The molecular formula is C24H32N4O4. The molecule has 3 heterocycles. The molecule has 32 heavy (non-hydrogen) atoms. The third-order valence-corrected chi connectivity index (χ3v) is 5.94. The van der Waals surface area contributed by atoms with Crippen molar-refractivity contribution in [1.82, 2.24) is 15.1 Å². The molecule has 4 rings (SSSR count). The van der Waals surface area contributed by atoms with Crippen LogP contribution in [0.2, 0.25) is 0 Å². The van der Waals surface area contributed by atoms with Gasteiger partial charge in [-0.3, -0.25) is 9.79 Å². The molecule has 1 aromatic heterocycles. The van der Waals surface area contributed by atoms with Gasteiger partial charge in [0.15, 0.2) is 11.7 Å². The first-order chi connectivity index (χ1) is 15.7. The molecule has 2 aromatic rings. The van der Waals surface area contributed by atoms with E-state index in [2.05, 4.69) is 39.5 Å². The van der Waals surface area contributed by atoms with Gasteiger partial charge in [-0.1, -0.05) is 24.3 Å². The monoisotopic (exact) mass is 440 g/mol. The Balaban J connectivity index is 1.21. The predicted octanol–water partition coefficient (Wildman–Crippen LogP) is 2.51. The van der Waals surface area contributed by atoms with Gasteiger partial charge >= 0.3 is 0 Å². The fourth-order valence-corrected chi connectivity index (χ4v) is 4.00. The van der Waals surface area contributed by atoms with Gasteiger partial charge in [0.25, 0.3) is 5.91 Å². The molecule has 172 valence electrons. The SMILES string of the molecule is CN=C(NCc1ccc(COC2CCOCC2)cc1)N1CCN(C(=O)c2ccco2)CC1. The van der Waals surface area contributed by atoms with Gasteiger partial charge in [-0.25, -0.2) is 0 Å². The number of benzene rings is 1. The summed E-state index contributed by atoms with van der Waals surface area (Å²) in [5.74, 6) is 1.18. The van der Waals surface area contributed by atoms with Crippen LogP contribution in [0.4, 0.5) is 0 Å². The van der Waals surface area contributed by atoms with E-state index in [9.17, 15) is 4.79 Å². The molecule has 0 radical (unpaired) electrons. The quantitative estimate of drug-likeness (QED) is 0.549. The summed E-state index contributed by atoms with van der Waals surface area (Å²) in [6.45, 7) is 5.67. The van der Waals surface area contributed by atoms with Gasteiger partial charge in [0.05, 0.1) is 19.0 Å². The first-order valence-electron chi connectivity index (χ1n) is 11.3. The first-order valence-corrected chi connectivity index (χ1v) is 11.3. The number of hydrogen-bond donors (Lipinski definition) is 1. The van der Waals surface area contributed by atoms with Crippen LogP contribution < -0.4 is 5.32 Å². The number of aliphatic imine (C=N–C) groups is 1. The molecular weight excluding hydrogens is 408 g/mol. The van der Waals surface area contributed by atoms with E-state index >= 15 is 0 Å². The first kappa shape index (κ1) is 22.4. The highest BCUT2D eigenvalue weighted by Crippen LogP contribution is 2.14. The minimum absolute atomic E-state index is 0.0570. The topological polar surface area (TPSA) is 79.5 Å². The zero-order valence-corrected chi connectivity index (χ0v) is 18.7. The van der Waals surface area contributed by atoms with Crippen molar-refractivity contribution in [2.24, 2.45) is 4.99 Å². The number of rotatable bonds is 6. The van der Waals surface area contributed by atoms with Crippen molar-refractivity contribution in [2.75, 3.05) is 46.4 Å². The number of furan rings is 1. The normalized spacial score (nSPS) is 18.1. The van der Waals surface area contributed by atoms with Crippen molar-refractivity contribution in [3.8, 4) is 0 Å². The number of nitrogens with one attached hydrogen (secondary N) is 1. The average Bonchev–Trinajstić information content (AvgIpc) is 3.40. The van der Waals surface area contributed by atoms with Crippen LogP contribution in [0.1, 0.15) is 34.5 Å². The summed E-state index contributed by atoms with van der Waals surface area (Å²) in [5.41, 5.74) is 2.37. The summed E-state index contributed by atoms with van der Waals surface area (Å²) in [7, 11) is 1.79. The molecule has 2 aliphatic heterocycles. The highest BCUT2D eigenvalue weighted by Gasteiger charge is 2.25. The summed E-state index contributed by atoms with van der Waals surface area (Å²) < 4.78 is 16.6. The average molecular weight is 441 g/mol. The number of piperazine rings is 1. The highest BCUT2D eigenvalue weighted by molar-refractivity contribution is 5.91. The number of amides is 1. The van der Waals surface area contributed by atoms with Crippen LogP contribution in [0.15, 0.2) is 52.1 Å². The summed E-state index contributed by atoms with van der Waals surface area (Å²) in [6.07, 6.45) is 3.79. The van der Waals surface area contributed by atoms with Crippen molar-refractivity contribution in [3.05, 3.63) is 59.5 Å². The van der Waals surface area contributed by atoms with Crippen LogP contribution in [-0.4, -0.2) is 74.2 Å². The van der Waals surface area contributed by atoms with Gasteiger partial charge in [0.2, 0.25) is 0 Å². The summed E-state index contributed by atoms with van der Waals surface area (Å²) in [4.78, 5) is 20.9. The minimum Gasteiger partial charge on any atom is -0.459 e. The maximum atomic E-state index is 12.4. The van der Waals surface area contributed by atoms with Crippen LogP contribution in [0, 0.1) is 0 Å². The third kappa shape index (κ3) is 5.89. The lowest BCUT2D eigenvalue weighted by atomic mass is 10.1. The van der Waals surface area contributed by atoms with Crippen LogP contribution in [0.3, 0.4) is 0 Å². The Kier molecular flexibility index (Phi) is 7.79. The third-order valence-electron chi connectivity index (χ3n) is 5.94. The Morgan fingerprint density at radius 3 is 2.41 bits per heavy atom. The minimum atomic E-state index is -0.0570. The Morgan fingerprint density at radius 2 is 1.75 bits per heavy atom. The number of hydrogen-bond acceptors (Lipinski definition) is 5. The van der Waals surface area contributed by atoms with Crippen LogP contribution in [0.25, 0.3) is 0 Å². The largest absolute Gasteiger partial charge is 0.459 e. The van der Waals surface area contributed by atoms with Gasteiger partial charge in [-0.05, 0) is 36.1 Å². The number of nitrogens with zero attached hydrogens (tertiary/aromatic N) is 3. The summed E-state index contributed by atoms with van der Waals surface area (Å²) in [6, 6.07) is 11.9. The van der Waals surface area contributed by atoms with Crippen molar-refractivity contribution in [3.63, 3.8) is 0 Å². The van der Waals surface area contributed by atoms with E-state index in [0.717, 1.165) is 45.1 Å². The molecule has 0 bridgehead atoms. The zero-order chi connectivity index (χ0) is 22.2. The van der Waals surface area contributed by atoms with Crippen molar-refractivity contribution in [2.45, 2.75) is 32.1 Å². The molecule has 2 saturated heterocycles. The van der Waals surface area contributed by atoms with E-state index in [1.54, 1.807) is 19.2 Å². The van der Waals surface area contributed by atoms with Crippen LogP contribution in [-0.2, 0) is 22.6 Å². The fraction of sp³-hybridized carbons (Fsp3) is 0.500. The molecule has 2 aliphatic rings. The Morgan fingerprint density at radius 1 is 1.06 bits per heavy atom. The van der Waals surface area contributed by atoms with Crippen molar-refractivity contribution >= 4 is 11.9 Å². The molecule has 0 spiro atoms. The second-order valence-corrected chi connectivity index (χ2v) is 8.10. The van der Waals surface area contributed by atoms with E-state index in [1.807, 2.05) is 4.90 Å². The smallest absolute Gasteiger partial charge is 0.289 e. The van der Waals surface area contributed by atoms with Gasteiger partial charge in [0.1, 0.15) is 0 Å². The van der Waals surface area contributed by atoms with Crippen molar-refractivity contribution < 1.29 is 18.7 Å². The van der Waals surface area contributed by atoms with Crippen molar-refractivity contribution in [1.29, 1.82) is 0 Å². The Bertz CT molecular complexity index is 868. The molecule has 0 atom stereocenters. The molecule has 1 aromatic carbocycles. The molecule has 1 N–H and O–H groups in total.